The van der Waals surface area contributed by atoms with Crippen LogP contribution in [0.5, 0.6) is 0 Å². The molecule has 0 spiro atoms. The summed E-state index contributed by atoms with van der Waals surface area (Å²) in [6.07, 6.45) is 1.29. The molecule has 1 aliphatic rings. The predicted molar refractivity (Wildman–Crippen MR) is 67.5 cm³/mol. The minimum absolute atomic E-state index is 0.230. The van der Waals surface area contributed by atoms with E-state index in [0.29, 0.717) is 12.6 Å². The predicted octanol–water partition coefficient (Wildman–Crippen LogP) is 0.446. The van der Waals surface area contributed by atoms with Gasteiger partial charge in [0.1, 0.15) is 9.84 Å². The minimum atomic E-state index is -2.83. The van der Waals surface area contributed by atoms with Gasteiger partial charge in [-0.3, -0.25) is 9.80 Å². The van der Waals surface area contributed by atoms with Crippen molar-refractivity contribution < 1.29 is 8.42 Å². The van der Waals surface area contributed by atoms with Gasteiger partial charge >= 0.3 is 0 Å². The van der Waals surface area contributed by atoms with Crippen molar-refractivity contribution in [3.63, 3.8) is 0 Å². The van der Waals surface area contributed by atoms with Gasteiger partial charge in [-0.15, -0.1) is 0 Å². The number of hydrogen-bond donors (Lipinski definition) is 0. The normalized spacial score (nSPS) is 20.1. The van der Waals surface area contributed by atoms with Crippen LogP contribution in [0.4, 0.5) is 0 Å². The first-order valence-corrected chi connectivity index (χ1v) is 7.78. The third-order valence-electron chi connectivity index (χ3n) is 3.25. The molecule has 0 bridgehead atoms. The van der Waals surface area contributed by atoms with Gasteiger partial charge in [0.05, 0.1) is 5.75 Å². The van der Waals surface area contributed by atoms with Crippen LogP contribution in [0.2, 0.25) is 0 Å². The van der Waals surface area contributed by atoms with Crippen molar-refractivity contribution in [2.75, 3.05) is 38.7 Å². The molecule has 0 N–H and O–H groups in total. The van der Waals surface area contributed by atoms with Crippen LogP contribution in [0.3, 0.4) is 0 Å². The summed E-state index contributed by atoms with van der Waals surface area (Å²) in [5.41, 5.74) is 0.230. The lowest BCUT2D eigenvalue weighted by molar-refractivity contribution is -0.0106. The molecule has 0 aromatic rings. The van der Waals surface area contributed by atoms with Crippen molar-refractivity contribution in [3.8, 4) is 0 Å². The molecule has 0 aromatic heterocycles. The highest BCUT2D eigenvalue weighted by Crippen LogP contribution is 2.23. The van der Waals surface area contributed by atoms with E-state index in [1.807, 2.05) is 7.05 Å². The summed E-state index contributed by atoms with van der Waals surface area (Å²) in [6.45, 7) is 9.36. The van der Waals surface area contributed by atoms with Crippen LogP contribution >= 0.6 is 0 Å². The van der Waals surface area contributed by atoms with Gasteiger partial charge in [0, 0.05) is 37.5 Å². The van der Waals surface area contributed by atoms with Crippen LogP contribution in [-0.4, -0.2) is 68.5 Å². The van der Waals surface area contributed by atoms with Crippen LogP contribution in [0, 0.1) is 0 Å². The Labute approximate surface area is 99.5 Å². The zero-order valence-electron chi connectivity index (χ0n) is 11.0. The maximum Gasteiger partial charge on any atom is 0.148 e. The Hall–Kier alpha value is -0.130. The Morgan fingerprint density at radius 2 is 1.81 bits per heavy atom. The summed E-state index contributed by atoms with van der Waals surface area (Å²) in [4.78, 5) is 4.57. The average Bonchev–Trinajstić information content (AvgIpc) is 1.93. The van der Waals surface area contributed by atoms with Crippen LogP contribution in [0.15, 0.2) is 0 Å². The summed E-state index contributed by atoms with van der Waals surface area (Å²) in [5.74, 6) is 0.259. The molecule has 0 unspecified atom stereocenters. The molecule has 1 aliphatic heterocycles. The third-order valence-corrected chi connectivity index (χ3v) is 4.17. The maximum absolute atomic E-state index is 11.1. The largest absolute Gasteiger partial charge is 0.300 e. The van der Waals surface area contributed by atoms with E-state index in [0.717, 1.165) is 13.1 Å². The Bertz CT molecular complexity index is 326. The second-order valence-corrected chi connectivity index (χ2v) is 8.10. The number of rotatable bonds is 4. The number of likely N-dealkylation sites (tertiary alicyclic amines) is 1. The highest BCUT2D eigenvalue weighted by molar-refractivity contribution is 7.90. The smallest absolute Gasteiger partial charge is 0.148 e. The van der Waals surface area contributed by atoms with Gasteiger partial charge in [-0.1, -0.05) is 0 Å². The maximum atomic E-state index is 11.1. The molecule has 1 heterocycles. The Morgan fingerprint density at radius 3 is 2.19 bits per heavy atom. The monoisotopic (exact) mass is 248 g/mol. The van der Waals surface area contributed by atoms with Crippen molar-refractivity contribution >= 4 is 9.84 Å². The third kappa shape index (κ3) is 4.03. The summed E-state index contributed by atoms with van der Waals surface area (Å²) in [7, 11) is -0.824. The molecule has 0 saturated carbocycles. The lowest BCUT2D eigenvalue weighted by Crippen LogP contribution is -2.64. The standard InChI is InChI=1S/C11H24N2O2S/c1-11(2,3)13-8-10(9-13)12(4)6-7-16(5,14)15/h10H,6-9H2,1-5H3. The van der Waals surface area contributed by atoms with E-state index < -0.39 is 9.84 Å². The number of hydrogen-bond acceptors (Lipinski definition) is 4. The quantitative estimate of drug-likeness (QED) is 0.724. The molecule has 0 aromatic carbocycles. The second kappa shape index (κ2) is 4.63. The fourth-order valence-corrected chi connectivity index (χ4v) is 2.39. The lowest BCUT2D eigenvalue weighted by atomic mass is 9.97. The number of likely N-dealkylation sites (N-methyl/N-ethyl adjacent to an activating group) is 1. The lowest BCUT2D eigenvalue weighted by Gasteiger charge is -2.50. The van der Waals surface area contributed by atoms with Crippen molar-refractivity contribution in [2.45, 2.75) is 32.4 Å². The summed E-state index contributed by atoms with van der Waals surface area (Å²) >= 11 is 0. The Morgan fingerprint density at radius 1 is 1.31 bits per heavy atom. The highest BCUT2D eigenvalue weighted by atomic mass is 32.2. The topological polar surface area (TPSA) is 40.6 Å². The highest BCUT2D eigenvalue weighted by Gasteiger charge is 2.36. The first-order chi connectivity index (χ1) is 7.09. The van der Waals surface area contributed by atoms with Gasteiger partial charge in [-0.2, -0.15) is 0 Å². The van der Waals surface area contributed by atoms with Crippen molar-refractivity contribution in [3.05, 3.63) is 0 Å². The van der Waals surface area contributed by atoms with E-state index >= 15 is 0 Å². The SMILES string of the molecule is CN(CCS(C)(=O)=O)C1CN(C(C)(C)C)C1. The summed E-state index contributed by atoms with van der Waals surface area (Å²) < 4.78 is 22.1. The fourth-order valence-electron chi connectivity index (χ4n) is 1.77. The van der Waals surface area contributed by atoms with E-state index in [9.17, 15) is 8.42 Å². The molecule has 4 nitrogen and oxygen atoms in total. The molecule has 5 heteroatoms. The second-order valence-electron chi connectivity index (χ2n) is 5.84. The van der Waals surface area contributed by atoms with Gasteiger partial charge in [-0.25, -0.2) is 8.42 Å². The van der Waals surface area contributed by atoms with Gasteiger partial charge < -0.3 is 0 Å². The summed E-state index contributed by atoms with van der Waals surface area (Å²) in [5, 5.41) is 0. The molecule has 16 heavy (non-hydrogen) atoms. The number of sulfone groups is 1. The molecule has 0 aliphatic carbocycles. The average molecular weight is 248 g/mol. The fraction of sp³-hybridized carbons (Fsp3) is 1.00. The van der Waals surface area contributed by atoms with Gasteiger partial charge in [-0.05, 0) is 27.8 Å². The zero-order valence-corrected chi connectivity index (χ0v) is 11.8. The molecule has 0 atom stereocenters. The van der Waals surface area contributed by atoms with Crippen molar-refractivity contribution in [2.24, 2.45) is 0 Å². The van der Waals surface area contributed by atoms with E-state index in [4.69, 9.17) is 0 Å². The van der Waals surface area contributed by atoms with E-state index in [1.54, 1.807) is 0 Å². The first kappa shape index (κ1) is 13.9. The van der Waals surface area contributed by atoms with Gasteiger partial charge in [0.15, 0.2) is 0 Å². The van der Waals surface area contributed by atoms with Crippen LogP contribution in [0.25, 0.3) is 0 Å². The molecule has 1 rings (SSSR count). The van der Waals surface area contributed by atoms with Gasteiger partial charge in [0.25, 0.3) is 0 Å². The number of nitrogens with zero attached hydrogens (tertiary/aromatic N) is 2. The van der Waals surface area contributed by atoms with Crippen LogP contribution in [0.1, 0.15) is 20.8 Å². The van der Waals surface area contributed by atoms with E-state index in [-0.39, 0.29) is 11.3 Å². The molecule has 1 fully saturated rings. The van der Waals surface area contributed by atoms with Crippen molar-refractivity contribution in [1.29, 1.82) is 0 Å². The first-order valence-electron chi connectivity index (χ1n) is 5.72. The Kier molecular flexibility index (Phi) is 4.03. The van der Waals surface area contributed by atoms with Crippen molar-refractivity contribution in [1.82, 2.24) is 9.80 Å². The zero-order chi connectivity index (χ0) is 12.6. The Balaban J connectivity index is 2.30. The molecular weight excluding hydrogens is 224 g/mol. The van der Waals surface area contributed by atoms with E-state index in [2.05, 4.69) is 30.6 Å². The molecule has 0 radical (unpaired) electrons. The molecule has 1 saturated heterocycles. The molecular formula is C11H24N2O2S. The van der Waals surface area contributed by atoms with Crippen LogP contribution in [-0.2, 0) is 9.84 Å². The molecule has 0 amide bonds. The van der Waals surface area contributed by atoms with Gasteiger partial charge in [0.2, 0.25) is 0 Å². The molecule has 96 valence electrons. The van der Waals surface area contributed by atoms with E-state index in [1.165, 1.54) is 6.26 Å². The minimum Gasteiger partial charge on any atom is -0.300 e. The summed E-state index contributed by atoms with van der Waals surface area (Å²) in [6, 6.07) is 0.515. The van der Waals surface area contributed by atoms with Crippen LogP contribution < -0.4 is 0 Å².